The highest BCUT2D eigenvalue weighted by Gasteiger charge is 2.31. The lowest BCUT2D eigenvalue weighted by atomic mass is 10.3. The first-order valence-electron chi connectivity index (χ1n) is 5.07. The van der Waals surface area contributed by atoms with Crippen LogP contribution >= 0.6 is 0 Å². The van der Waals surface area contributed by atoms with Crippen molar-refractivity contribution in [1.82, 2.24) is 9.78 Å². The summed E-state index contributed by atoms with van der Waals surface area (Å²) in [5.74, 6) is 2.97. The van der Waals surface area contributed by atoms with Crippen molar-refractivity contribution in [3.8, 4) is 0 Å². The van der Waals surface area contributed by atoms with Gasteiger partial charge in [0.05, 0.1) is 6.20 Å². The van der Waals surface area contributed by atoms with Crippen LogP contribution in [0.3, 0.4) is 0 Å². The first-order chi connectivity index (χ1) is 6.31. The summed E-state index contributed by atoms with van der Waals surface area (Å²) >= 11 is 0. The predicted octanol–water partition coefficient (Wildman–Crippen LogP) is 1.97. The Morgan fingerprint density at radius 3 is 3.08 bits per heavy atom. The molecule has 1 aromatic heterocycles. The average Bonchev–Trinajstić information content (AvgIpc) is 2.68. The van der Waals surface area contributed by atoms with Crippen molar-refractivity contribution in [2.45, 2.75) is 26.8 Å². The van der Waals surface area contributed by atoms with Crippen LogP contribution in [-0.2, 0) is 6.54 Å². The SMILES string of the molecule is CCn1nccc1NCC1CC1C. The van der Waals surface area contributed by atoms with E-state index in [-0.39, 0.29) is 0 Å². The second-order valence-corrected chi connectivity index (χ2v) is 3.89. The van der Waals surface area contributed by atoms with E-state index in [0.717, 1.165) is 30.7 Å². The monoisotopic (exact) mass is 179 g/mol. The minimum Gasteiger partial charge on any atom is -0.370 e. The Morgan fingerprint density at radius 1 is 1.69 bits per heavy atom. The van der Waals surface area contributed by atoms with E-state index in [4.69, 9.17) is 0 Å². The fraction of sp³-hybridized carbons (Fsp3) is 0.700. The van der Waals surface area contributed by atoms with Crippen LogP contribution in [0.1, 0.15) is 20.3 Å². The van der Waals surface area contributed by atoms with Gasteiger partial charge in [0, 0.05) is 19.2 Å². The lowest BCUT2D eigenvalue weighted by Crippen LogP contribution is -2.09. The highest BCUT2D eigenvalue weighted by molar-refractivity contribution is 5.34. The van der Waals surface area contributed by atoms with Crippen molar-refractivity contribution in [2.24, 2.45) is 11.8 Å². The van der Waals surface area contributed by atoms with E-state index in [9.17, 15) is 0 Å². The van der Waals surface area contributed by atoms with Crippen LogP contribution in [0, 0.1) is 11.8 Å². The van der Waals surface area contributed by atoms with Gasteiger partial charge in [-0.1, -0.05) is 6.92 Å². The summed E-state index contributed by atoms with van der Waals surface area (Å²) < 4.78 is 1.99. The molecule has 1 N–H and O–H groups in total. The molecule has 0 radical (unpaired) electrons. The first kappa shape index (κ1) is 8.60. The number of nitrogens with zero attached hydrogens (tertiary/aromatic N) is 2. The quantitative estimate of drug-likeness (QED) is 0.765. The van der Waals surface area contributed by atoms with Gasteiger partial charge in [0.1, 0.15) is 5.82 Å². The molecule has 0 aliphatic heterocycles. The summed E-state index contributed by atoms with van der Waals surface area (Å²) in [6.45, 7) is 6.46. The third-order valence-corrected chi connectivity index (χ3v) is 2.84. The summed E-state index contributed by atoms with van der Waals surface area (Å²) in [6.07, 6.45) is 3.23. The minimum atomic E-state index is 0.889. The predicted molar refractivity (Wildman–Crippen MR) is 53.7 cm³/mol. The van der Waals surface area contributed by atoms with Crippen LogP contribution in [0.5, 0.6) is 0 Å². The van der Waals surface area contributed by atoms with Crippen molar-refractivity contribution >= 4 is 5.82 Å². The molecule has 0 aromatic carbocycles. The van der Waals surface area contributed by atoms with Crippen LogP contribution in [0.25, 0.3) is 0 Å². The van der Waals surface area contributed by atoms with Crippen LogP contribution in [0.15, 0.2) is 12.3 Å². The molecule has 2 unspecified atom stereocenters. The zero-order valence-corrected chi connectivity index (χ0v) is 8.33. The molecule has 2 rings (SSSR count). The van der Waals surface area contributed by atoms with Gasteiger partial charge >= 0.3 is 0 Å². The average molecular weight is 179 g/mol. The topological polar surface area (TPSA) is 29.9 Å². The molecule has 1 aromatic rings. The highest BCUT2D eigenvalue weighted by atomic mass is 15.3. The highest BCUT2D eigenvalue weighted by Crippen LogP contribution is 2.37. The van der Waals surface area contributed by atoms with Crippen molar-refractivity contribution in [3.05, 3.63) is 12.3 Å². The van der Waals surface area contributed by atoms with E-state index in [1.165, 1.54) is 6.42 Å². The molecule has 1 aliphatic rings. The number of aromatic nitrogens is 2. The lowest BCUT2D eigenvalue weighted by Gasteiger charge is -2.06. The molecule has 2 atom stereocenters. The molecule has 0 spiro atoms. The maximum absolute atomic E-state index is 4.21. The van der Waals surface area contributed by atoms with Gasteiger partial charge in [-0.2, -0.15) is 5.10 Å². The molecule has 3 nitrogen and oxygen atoms in total. The van der Waals surface area contributed by atoms with E-state index in [1.54, 1.807) is 0 Å². The summed E-state index contributed by atoms with van der Waals surface area (Å²) in [7, 11) is 0. The fourth-order valence-corrected chi connectivity index (χ4v) is 1.65. The Bertz CT molecular complexity index is 279. The Hall–Kier alpha value is -0.990. The summed E-state index contributed by atoms with van der Waals surface area (Å²) in [5, 5.41) is 7.64. The number of hydrogen-bond donors (Lipinski definition) is 1. The molecule has 72 valence electrons. The van der Waals surface area contributed by atoms with Crippen LogP contribution in [0.4, 0.5) is 5.82 Å². The molecular formula is C10H17N3. The summed E-state index contributed by atoms with van der Waals surface area (Å²) in [6, 6.07) is 2.04. The Kier molecular flexibility index (Phi) is 2.25. The normalized spacial score (nSPS) is 26.0. The van der Waals surface area contributed by atoms with Crippen LogP contribution in [-0.4, -0.2) is 16.3 Å². The van der Waals surface area contributed by atoms with E-state index in [0.29, 0.717) is 0 Å². The second-order valence-electron chi connectivity index (χ2n) is 3.89. The van der Waals surface area contributed by atoms with Gasteiger partial charge in [0.2, 0.25) is 0 Å². The number of anilines is 1. The Labute approximate surface area is 79.1 Å². The van der Waals surface area contributed by atoms with Gasteiger partial charge in [-0.05, 0) is 25.2 Å². The molecule has 1 saturated carbocycles. The van der Waals surface area contributed by atoms with Gasteiger partial charge in [-0.25, -0.2) is 0 Å². The van der Waals surface area contributed by atoms with E-state index in [2.05, 4.69) is 24.3 Å². The molecule has 1 fully saturated rings. The minimum absolute atomic E-state index is 0.889. The van der Waals surface area contributed by atoms with Gasteiger partial charge < -0.3 is 5.32 Å². The van der Waals surface area contributed by atoms with Crippen molar-refractivity contribution in [2.75, 3.05) is 11.9 Å². The third-order valence-electron chi connectivity index (χ3n) is 2.84. The van der Waals surface area contributed by atoms with E-state index in [1.807, 2.05) is 16.9 Å². The molecular weight excluding hydrogens is 162 g/mol. The molecule has 13 heavy (non-hydrogen) atoms. The van der Waals surface area contributed by atoms with Gasteiger partial charge in [-0.3, -0.25) is 4.68 Å². The van der Waals surface area contributed by atoms with Crippen molar-refractivity contribution in [3.63, 3.8) is 0 Å². The maximum atomic E-state index is 4.21. The second kappa shape index (κ2) is 3.40. The first-order valence-corrected chi connectivity index (χ1v) is 5.07. The molecule has 0 saturated heterocycles. The largest absolute Gasteiger partial charge is 0.370 e. The zero-order valence-electron chi connectivity index (χ0n) is 8.33. The zero-order chi connectivity index (χ0) is 9.26. The number of nitrogens with one attached hydrogen (secondary N) is 1. The Balaban J connectivity index is 1.86. The molecule has 1 heterocycles. The lowest BCUT2D eigenvalue weighted by molar-refractivity contribution is 0.659. The summed E-state index contributed by atoms with van der Waals surface area (Å²) in [5.41, 5.74) is 0. The maximum Gasteiger partial charge on any atom is 0.124 e. The molecule has 1 aliphatic carbocycles. The number of hydrogen-bond acceptors (Lipinski definition) is 2. The van der Waals surface area contributed by atoms with Gasteiger partial charge in [0.15, 0.2) is 0 Å². The van der Waals surface area contributed by atoms with Gasteiger partial charge in [-0.15, -0.1) is 0 Å². The molecule has 0 bridgehead atoms. The Morgan fingerprint density at radius 2 is 2.46 bits per heavy atom. The van der Waals surface area contributed by atoms with Crippen molar-refractivity contribution in [1.29, 1.82) is 0 Å². The fourth-order valence-electron chi connectivity index (χ4n) is 1.65. The molecule has 3 heteroatoms. The van der Waals surface area contributed by atoms with Crippen LogP contribution in [0.2, 0.25) is 0 Å². The van der Waals surface area contributed by atoms with Gasteiger partial charge in [0.25, 0.3) is 0 Å². The number of rotatable bonds is 4. The summed E-state index contributed by atoms with van der Waals surface area (Å²) in [4.78, 5) is 0. The standard InChI is InChI=1S/C10H17N3/c1-3-13-10(4-5-12-13)11-7-9-6-8(9)2/h4-5,8-9,11H,3,6-7H2,1-2H3. The van der Waals surface area contributed by atoms with Crippen molar-refractivity contribution < 1.29 is 0 Å². The third kappa shape index (κ3) is 1.85. The van der Waals surface area contributed by atoms with E-state index >= 15 is 0 Å². The van der Waals surface area contributed by atoms with E-state index < -0.39 is 0 Å². The smallest absolute Gasteiger partial charge is 0.124 e. The number of aryl methyl sites for hydroxylation is 1. The molecule has 0 amide bonds. The van der Waals surface area contributed by atoms with Crippen LogP contribution < -0.4 is 5.32 Å².